The Hall–Kier alpha value is -3.00. The van der Waals surface area contributed by atoms with Crippen molar-refractivity contribution in [1.29, 1.82) is 0 Å². The minimum Gasteiger partial charge on any atom is -0.428 e. The Balaban J connectivity index is 1.71. The third-order valence-electron chi connectivity index (χ3n) is 3.96. The molecule has 1 N–H and O–H groups in total. The zero-order chi connectivity index (χ0) is 16.7. The lowest BCUT2D eigenvalue weighted by atomic mass is 10.2. The lowest BCUT2D eigenvalue weighted by molar-refractivity contribution is 0.128. The number of rotatable bonds is 3. The third kappa shape index (κ3) is 2.28. The molecule has 1 unspecified atom stereocenters. The van der Waals surface area contributed by atoms with Gasteiger partial charge in [-0.2, -0.15) is 0 Å². The maximum absolute atomic E-state index is 14.6. The number of nitrogens with zero attached hydrogens (tertiary/aromatic N) is 4. The van der Waals surface area contributed by atoms with Crippen LogP contribution in [-0.4, -0.2) is 40.9 Å². The van der Waals surface area contributed by atoms with Gasteiger partial charge in [-0.1, -0.05) is 17.3 Å². The molecule has 1 atom stereocenters. The molecule has 0 spiro atoms. The van der Waals surface area contributed by atoms with Crippen LogP contribution in [0.5, 0.6) is 0 Å². The van der Waals surface area contributed by atoms with E-state index in [1.165, 1.54) is 15.6 Å². The van der Waals surface area contributed by atoms with Crippen LogP contribution in [0.25, 0.3) is 16.7 Å². The Labute approximate surface area is 136 Å². The number of likely N-dealkylation sites (N-methyl/N-ethyl adjacent to an activating group) is 1. The van der Waals surface area contributed by atoms with Gasteiger partial charge < -0.3 is 4.74 Å². The van der Waals surface area contributed by atoms with Gasteiger partial charge in [-0.25, -0.2) is 13.9 Å². The van der Waals surface area contributed by atoms with Gasteiger partial charge in [0, 0.05) is 0 Å². The van der Waals surface area contributed by atoms with Crippen LogP contribution in [0.4, 0.5) is 14.9 Å². The van der Waals surface area contributed by atoms with Gasteiger partial charge in [-0.05, 0) is 37.4 Å². The van der Waals surface area contributed by atoms with E-state index in [2.05, 4.69) is 15.6 Å². The zero-order valence-corrected chi connectivity index (χ0v) is 12.8. The van der Waals surface area contributed by atoms with Crippen LogP contribution in [0.2, 0.25) is 0 Å². The molecule has 1 aliphatic rings. The smallest absolute Gasteiger partial charge is 0.416 e. The number of nitrogens with one attached hydrogen (secondary N) is 1. The number of halogens is 1. The van der Waals surface area contributed by atoms with Gasteiger partial charge in [0.2, 0.25) is 0 Å². The molecule has 7 nitrogen and oxygen atoms in total. The van der Waals surface area contributed by atoms with E-state index in [-0.39, 0.29) is 5.69 Å². The summed E-state index contributed by atoms with van der Waals surface area (Å²) in [4.78, 5) is 13.2. The van der Waals surface area contributed by atoms with Crippen LogP contribution in [0.15, 0.2) is 42.5 Å². The first-order chi connectivity index (χ1) is 11.7. The molecule has 0 radical (unpaired) electrons. The van der Waals surface area contributed by atoms with Crippen LogP contribution >= 0.6 is 0 Å². The van der Waals surface area contributed by atoms with Crippen molar-refractivity contribution in [1.82, 2.24) is 20.3 Å². The van der Waals surface area contributed by atoms with Crippen molar-refractivity contribution in [3.8, 4) is 5.69 Å². The highest BCUT2D eigenvalue weighted by atomic mass is 19.1. The number of carbonyl (C=O) groups is 1. The molecular weight excluding hydrogens is 313 g/mol. The normalized spacial score (nSPS) is 17.5. The number of cyclic esters (lactones) is 1. The summed E-state index contributed by atoms with van der Waals surface area (Å²) in [5.41, 5.74) is 2.09. The van der Waals surface area contributed by atoms with Gasteiger partial charge in [0.25, 0.3) is 0 Å². The van der Waals surface area contributed by atoms with E-state index in [9.17, 15) is 9.18 Å². The van der Waals surface area contributed by atoms with Crippen molar-refractivity contribution in [2.45, 2.75) is 6.23 Å². The molecule has 24 heavy (non-hydrogen) atoms. The number of ether oxygens (including phenoxy) is 1. The van der Waals surface area contributed by atoms with Gasteiger partial charge in [0.05, 0.1) is 17.7 Å². The molecule has 8 heteroatoms. The summed E-state index contributed by atoms with van der Waals surface area (Å²) in [5.74, 6) is -0.496. The number of amides is 1. The van der Waals surface area contributed by atoms with Gasteiger partial charge in [-0.3, -0.25) is 10.2 Å². The largest absolute Gasteiger partial charge is 0.428 e. The summed E-state index contributed by atoms with van der Waals surface area (Å²) in [5, 5.41) is 10.9. The second-order valence-corrected chi connectivity index (χ2v) is 5.40. The monoisotopic (exact) mass is 327 g/mol. The third-order valence-corrected chi connectivity index (χ3v) is 3.96. The highest BCUT2D eigenvalue weighted by Crippen LogP contribution is 2.26. The van der Waals surface area contributed by atoms with Crippen molar-refractivity contribution >= 4 is 22.8 Å². The van der Waals surface area contributed by atoms with Crippen molar-refractivity contribution in [2.24, 2.45) is 0 Å². The van der Waals surface area contributed by atoms with E-state index >= 15 is 0 Å². The highest BCUT2D eigenvalue weighted by Gasteiger charge is 2.31. The van der Waals surface area contributed by atoms with Crippen LogP contribution in [0.3, 0.4) is 0 Å². The number of benzene rings is 2. The number of anilines is 1. The second kappa shape index (κ2) is 5.57. The number of hydrogen-bond donors (Lipinski definition) is 1. The number of carbonyl (C=O) groups excluding carboxylic acids is 1. The summed E-state index contributed by atoms with van der Waals surface area (Å²) in [6, 6.07) is 11.8. The second-order valence-electron chi connectivity index (χ2n) is 5.40. The topological polar surface area (TPSA) is 72.3 Å². The Morgan fingerprint density at radius 1 is 1.29 bits per heavy atom. The molecule has 4 rings (SSSR count). The van der Waals surface area contributed by atoms with Gasteiger partial charge in [0.1, 0.15) is 11.2 Å². The zero-order valence-electron chi connectivity index (χ0n) is 12.8. The van der Waals surface area contributed by atoms with Crippen LogP contribution in [0, 0.1) is 5.82 Å². The molecule has 0 aliphatic carbocycles. The van der Waals surface area contributed by atoms with Crippen LogP contribution in [0.1, 0.15) is 0 Å². The summed E-state index contributed by atoms with van der Waals surface area (Å²) in [6.45, 7) is 0.320. The van der Waals surface area contributed by atoms with E-state index in [0.717, 1.165) is 0 Å². The fourth-order valence-corrected chi connectivity index (χ4v) is 2.71. The predicted octanol–water partition coefficient (Wildman–Crippen LogP) is 2.06. The molecule has 1 amide bonds. The SMILES string of the molecule is CNC1CN(c2ccc(-n3nnc4ccccc43)c(F)c2)C(=O)O1. The van der Waals surface area contributed by atoms with Crippen LogP contribution in [-0.2, 0) is 4.74 Å². The maximum Gasteiger partial charge on any atom is 0.416 e. The molecule has 1 fully saturated rings. The molecule has 122 valence electrons. The van der Waals surface area contributed by atoms with E-state index in [4.69, 9.17) is 4.74 Å². The van der Waals surface area contributed by atoms with Crippen molar-refractivity contribution in [3.63, 3.8) is 0 Å². The first-order valence-corrected chi connectivity index (χ1v) is 7.43. The first-order valence-electron chi connectivity index (χ1n) is 7.43. The Bertz CT molecular complexity index is 926. The summed E-state index contributed by atoms with van der Waals surface area (Å²) < 4.78 is 21.2. The fraction of sp³-hybridized carbons (Fsp3) is 0.188. The van der Waals surface area contributed by atoms with Gasteiger partial charge in [0.15, 0.2) is 12.0 Å². The van der Waals surface area contributed by atoms with Crippen molar-refractivity contribution < 1.29 is 13.9 Å². The van der Waals surface area contributed by atoms with E-state index in [1.807, 2.05) is 24.3 Å². The lowest BCUT2D eigenvalue weighted by Crippen LogP contribution is -2.30. The number of para-hydroxylation sites is 1. The standard InChI is InChI=1S/C16H14FN5O2/c1-18-15-9-21(16(23)24-15)10-6-7-13(11(17)8-10)22-14-5-3-2-4-12(14)19-20-22/h2-8,15,18H,9H2,1H3. The number of aromatic nitrogens is 3. The first kappa shape index (κ1) is 14.6. The molecule has 3 aromatic rings. The average molecular weight is 327 g/mol. The Morgan fingerprint density at radius 3 is 2.88 bits per heavy atom. The van der Waals surface area contributed by atoms with Gasteiger partial charge in [-0.15, -0.1) is 5.10 Å². The molecule has 0 saturated carbocycles. The minimum absolute atomic E-state index is 0.269. The summed E-state index contributed by atoms with van der Waals surface area (Å²) in [7, 11) is 1.70. The lowest BCUT2D eigenvalue weighted by Gasteiger charge is -2.14. The molecule has 1 aliphatic heterocycles. The molecule has 0 bridgehead atoms. The quantitative estimate of drug-likeness (QED) is 0.797. The Morgan fingerprint density at radius 2 is 2.12 bits per heavy atom. The molecule has 2 heterocycles. The van der Waals surface area contributed by atoms with Crippen molar-refractivity contribution in [3.05, 3.63) is 48.3 Å². The highest BCUT2D eigenvalue weighted by molar-refractivity contribution is 5.89. The fourth-order valence-electron chi connectivity index (χ4n) is 2.71. The molecule has 1 saturated heterocycles. The van der Waals surface area contributed by atoms with Gasteiger partial charge >= 0.3 is 6.09 Å². The predicted molar refractivity (Wildman–Crippen MR) is 85.5 cm³/mol. The molecule has 2 aromatic carbocycles. The molecular formula is C16H14FN5O2. The molecule has 1 aromatic heterocycles. The van der Waals surface area contributed by atoms with Crippen molar-refractivity contribution in [2.75, 3.05) is 18.5 Å². The van der Waals surface area contributed by atoms with Crippen LogP contribution < -0.4 is 10.2 Å². The number of hydrogen-bond acceptors (Lipinski definition) is 5. The summed E-state index contributed by atoms with van der Waals surface area (Å²) >= 11 is 0. The van der Waals surface area contributed by atoms with E-state index < -0.39 is 18.1 Å². The van der Waals surface area contributed by atoms with E-state index in [0.29, 0.717) is 23.3 Å². The number of fused-ring (bicyclic) bond motifs is 1. The van der Waals surface area contributed by atoms with E-state index in [1.54, 1.807) is 19.2 Å². The minimum atomic E-state index is -0.507. The maximum atomic E-state index is 14.6. The average Bonchev–Trinajstić information content (AvgIpc) is 3.18. The summed E-state index contributed by atoms with van der Waals surface area (Å²) in [6.07, 6.45) is -0.910. The Kier molecular flexibility index (Phi) is 3.39.